The van der Waals surface area contributed by atoms with Crippen LogP contribution in [0.5, 0.6) is 0 Å². The molecule has 38 heavy (non-hydrogen) atoms. The van der Waals surface area contributed by atoms with E-state index in [2.05, 4.69) is 43.3 Å². The Labute approximate surface area is 223 Å². The van der Waals surface area contributed by atoms with Crippen LogP contribution in [0.15, 0.2) is 55.0 Å². The number of amides is 1. The van der Waals surface area contributed by atoms with Crippen molar-refractivity contribution in [3.05, 3.63) is 66.6 Å². The highest BCUT2D eigenvalue weighted by atomic mass is 16.6. The van der Waals surface area contributed by atoms with Gasteiger partial charge in [-0.05, 0) is 71.8 Å². The number of likely N-dealkylation sites (tertiary alicyclic amines) is 1. The molecule has 3 aromatic heterocycles. The predicted octanol–water partition coefficient (Wildman–Crippen LogP) is 5.88. The number of alkyl carbamates (subject to hydrolysis) is 1. The van der Waals surface area contributed by atoms with Gasteiger partial charge in [0.1, 0.15) is 17.2 Å². The molecular formula is C29H35N7O2. The number of rotatable bonds is 6. The number of carbonyl (C=O) groups excluding carboxylic acids is 1. The van der Waals surface area contributed by atoms with E-state index >= 15 is 0 Å². The average Bonchev–Trinajstić information content (AvgIpc) is 3.64. The standard InChI is InChI=1S/C29H35N7O2/c1-18(33-28(37)38-29(2,3)4)26-31-16-23(34-26)20-10-8-19(9-11-20)22-13-12-21(15-30-22)24-17-32-27(35-24)25-7-6-14-36(25)5/h8-13,15-18,25H,6-7,14H2,1-5H3,(H,31,34)(H,32,35)(H,33,37)/t18-,25-/m0/s1. The summed E-state index contributed by atoms with van der Waals surface area (Å²) in [5.41, 5.74) is 5.24. The van der Waals surface area contributed by atoms with Gasteiger partial charge in [-0.15, -0.1) is 0 Å². The first-order chi connectivity index (χ1) is 18.2. The van der Waals surface area contributed by atoms with Crippen LogP contribution in [-0.2, 0) is 4.74 Å². The molecule has 1 aromatic carbocycles. The Morgan fingerprint density at radius 1 is 0.974 bits per heavy atom. The highest BCUT2D eigenvalue weighted by molar-refractivity contribution is 5.69. The van der Waals surface area contributed by atoms with Crippen LogP contribution >= 0.6 is 0 Å². The Morgan fingerprint density at radius 2 is 1.66 bits per heavy atom. The lowest BCUT2D eigenvalue weighted by atomic mass is 10.1. The van der Waals surface area contributed by atoms with E-state index in [0.717, 1.165) is 52.6 Å². The minimum Gasteiger partial charge on any atom is -0.444 e. The van der Waals surface area contributed by atoms with Gasteiger partial charge in [0.15, 0.2) is 0 Å². The smallest absolute Gasteiger partial charge is 0.408 e. The summed E-state index contributed by atoms with van der Waals surface area (Å²) in [7, 11) is 2.15. The molecule has 5 rings (SSSR count). The highest BCUT2D eigenvalue weighted by Gasteiger charge is 2.25. The molecule has 2 atom stereocenters. The Kier molecular flexibility index (Phi) is 7.03. The van der Waals surface area contributed by atoms with Crippen molar-refractivity contribution in [3.63, 3.8) is 0 Å². The van der Waals surface area contributed by atoms with E-state index in [1.54, 1.807) is 6.20 Å². The van der Waals surface area contributed by atoms with Gasteiger partial charge < -0.3 is 20.0 Å². The van der Waals surface area contributed by atoms with Crippen molar-refractivity contribution in [3.8, 4) is 33.8 Å². The van der Waals surface area contributed by atoms with E-state index in [4.69, 9.17) is 9.72 Å². The number of carbonyl (C=O) groups is 1. The largest absolute Gasteiger partial charge is 0.444 e. The number of aromatic amines is 2. The van der Waals surface area contributed by atoms with Crippen LogP contribution in [0.4, 0.5) is 4.79 Å². The number of hydrogen-bond acceptors (Lipinski definition) is 6. The third-order valence-corrected chi connectivity index (χ3v) is 6.74. The van der Waals surface area contributed by atoms with Crippen LogP contribution in [0.2, 0.25) is 0 Å². The lowest BCUT2D eigenvalue weighted by Gasteiger charge is -2.21. The van der Waals surface area contributed by atoms with Crippen LogP contribution in [0, 0.1) is 0 Å². The first kappa shape index (κ1) is 25.7. The van der Waals surface area contributed by atoms with Gasteiger partial charge in [-0.2, -0.15) is 0 Å². The number of ether oxygens (including phenoxy) is 1. The molecule has 1 fully saturated rings. The zero-order valence-corrected chi connectivity index (χ0v) is 22.6. The first-order valence-electron chi connectivity index (χ1n) is 13.0. The maximum absolute atomic E-state index is 12.1. The molecule has 198 valence electrons. The van der Waals surface area contributed by atoms with Gasteiger partial charge in [0.2, 0.25) is 0 Å². The zero-order chi connectivity index (χ0) is 26.9. The Hall–Kier alpha value is -3.98. The van der Waals surface area contributed by atoms with Gasteiger partial charge in [-0.1, -0.05) is 24.3 Å². The lowest BCUT2D eigenvalue weighted by molar-refractivity contribution is 0.0506. The molecule has 9 nitrogen and oxygen atoms in total. The van der Waals surface area contributed by atoms with Crippen LogP contribution in [0.25, 0.3) is 33.8 Å². The number of pyridine rings is 1. The van der Waals surface area contributed by atoms with Gasteiger partial charge >= 0.3 is 6.09 Å². The van der Waals surface area contributed by atoms with Crippen molar-refractivity contribution >= 4 is 6.09 Å². The molecule has 0 spiro atoms. The molecule has 3 N–H and O–H groups in total. The first-order valence-corrected chi connectivity index (χ1v) is 13.0. The molecule has 4 heterocycles. The summed E-state index contributed by atoms with van der Waals surface area (Å²) in [5, 5.41) is 2.81. The minimum atomic E-state index is -0.552. The van der Waals surface area contributed by atoms with E-state index in [0.29, 0.717) is 11.9 Å². The topological polar surface area (TPSA) is 112 Å². The molecule has 1 saturated heterocycles. The maximum atomic E-state index is 12.1. The molecule has 9 heteroatoms. The van der Waals surface area contributed by atoms with Crippen molar-refractivity contribution < 1.29 is 9.53 Å². The van der Waals surface area contributed by atoms with Crippen molar-refractivity contribution in [1.82, 2.24) is 35.1 Å². The second kappa shape index (κ2) is 10.4. The van der Waals surface area contributed by atoms with E-state index in [1.165, 1.54) is 6.42 Å². The van der Waals surface area contributed by atoms with Crippen LogP contribution in [0.3, 0.4) is 0 Å². The van der Waals surface area contributed by atoms with Gasteiger partial charge in [0.05, 0.1) is 41.6 Å². The Bertz CT molecular complexity index is 1380. The normalized spacial score (nSPS) is 16.9. The third kappa shape index (κ3) is 5.78. The van der Waals surface area contributed by atoms with Crippen molar-refractivity contribution in [2.45, 2.75) is 58.2 Å². The fraction of sp³-hybridized carbons (Fsp3) is 0.379. The number of imidazole rings is 2. The number of benzene rings is 1. The summed E-state index contributed by atoms with van der Waals surface area (Å²) in [6, 6.07) is 12.3. The highest BCUT2D eigenvalue weighted by Crippen LogP contribution is 2.30. The van der Waals surface area contributed by atoms with Gasteiger partial charge in [-0.25, -0.2) is 14.8 Å². The monoisotopic (exact) mass is 513 g/mol. The van der Waals surface area contributed by atoms with E-state index in [9.17, 15) is 4.79 Å². The number of hydrogen-bond donors (Lipinski definition) is 3. The van der Waals surface area contributed by atoms with Crippen LogP contribution < -0.4 is 5.32 Å². The van der Waals surface area contributed by atoms with Crippen LogP contribution in [-0.4, -0.2) is 55.1 Å². The molecule has 1 amide bonds. The SMILES string of the molecule is C[C@H](NC(=O)OC(C)(C)C)c1ncc(-c2ccc(-c3ccc(-c4cnc([C@@H]5CCCN5C)[nH]4)cn3)cc2)[nH]1. The molecule has 1 aliphatic heterocycles. The summed E-state index contributed by atoms with van der Waals surface area (Å²) in [6.45, 7) is 8.48. The quantitative estimate of drug-likeness (QED) is 0.297. The predicted molar refractivity (Wildman–Crippen MR) is 147 cm³/mol. The zero-order valence-electron chi connectivity index (χ0n) is 22.6. The summed E-state index contributed by atoms with van der Waals surface area (Å²) in [4.78, 5) is 35.0. The second-order valence-corrected chi connectivity index (χ2v) is 10.9. The second-order valence-electron chi connectivity index (χ2n) is 10.9. The fourth-order valence-electron chi connectivity index (χ4n) is 4.71. The van der Waals surface area contributed by atoms with Crippen molar-refractivity contribution in [1.29, 1.82) is 0 Å². The number of H-pyrrole nitrogens is 2. The summed E-state index contributed by atoms with van der Waals surface area (Å²) < 4.78 is 5.33. The van der Waals surface area contributed by atoms with Gasteiger partial charge in [0.25, 0.3) is 0 Å². The maximum Gasteiger partial charge on any atom is 0.408 e. The van der Waals surface area contributed by atoms with E-state index in [-0.39, 0.29) is 6.04 Å². The Balaban J connectivity index is 1.23. The lowest BCUT2D eigenvalue weighted by Crippen LogP contribution is -2.34. The molecule has 0 saturated carbocycles. The summed E-state index contributed by atoms with van der Waals surface area (Å²) in [5.74, 6) is 1.69. The number of nitrogens with zero attached hydrogens (tertiary/aromatic N) is 4. The molecule has 0 unspecified atom stereocenters. The van der Waals surface area contributed by atoms with E-state index in [1.807, 2.05) is 70.4 Å². The molecule has 0 aliphatic carbocycles. The third-order valence-electron chi connectivity index (χ3n) is 6.74. The fourth-order valence-corrected chi connectivity index (χ4v) is 4.71. The van der Waals surface area contributed by atoms with Gasteiger partial charge in [-0.3, -0.25) is 9.88 Å². The van der Waals surface area contributed by atoms with Crippen molar-refractivity contribution in [2.24, 2.45) is 0 Å². The van der Waals surface area contributed by atoms with Crippen LogP contribution in [0.1, 0.15) is 64.3 Å². The minimum absolute atomic E-state index is 0.314. The summed E-state index contributed by atoms with van der Waals surface area (Å²) in [6.07, 6.45) is 7.43. The average molecular weight is 514 g/mol. The molecular weight excluding hydrogens is 478 g/mol. The molecule has 0 radical (unpaired) electrons. The Morgan fingerprint density at radius 3 is 2.32 bits per heavy atom. The summed E-state index contributed by atoms with van der Waals surface area (Å²) >= 11 is 0. The van der Waals surface area contributed by atoms with Crippen molar-refractivity contribution in [2.75, 3.05) is 13.6 Å². The number of aromatic nitrogens is 5. The number of nitrogens with one attached hydrogen (secondary N) is 3. The van der Waals surface area contributed by atoms with E-state index < -0.39 is 11.7 Å². The van der Waals surface area contributed by atoms with Gasteiger partial charge in [0, 0.05) is 17.3 Å². The molecule has 1 aliphatic rings. The molecule has 4 aromatic rings. The molecule has 0 bridgehead atoms.